The number of furan rings is 1. The Morgan fingerprint density at radius 1 is 1.21 bits per heavy atom. The zero-order chi connectivity index (χ0) is 20.1. The summed E-state index contributed by atoms with van der Waals surface area (Å²) in [6.45, 7) is 0.148. The molecule has 0 aliphatic rings. The summed E-state index contributed by atoms with van der Waals surface area (Å²) in [7, 11) is 0. The van der Waals surface area contributed by atoms with Crippen LogP contribution in [0.15, 0.2) is 59.0 Å². The number of carbonyl (C=O) groups is 1. The van der Waals surface area contributed by atoms with Crippen LogP contribution >= 0.6 is 22.6 Å². The molecule has 0 spiro atoms. The van der Waals surface area contributed by atoms with Crippen LogP contribution in [0.5, 0.6) is 5.75 Å². The molecule has 0 fully saturated rings. The molecule has 1 N–H and O–H groups in total. The first-order valence-corrected chi connectivity index (χ1v) is 9.01. The molecule has 2 aromatic carbocycles. The van der Waals surface area contributed by atoms with Crippen molar-refractivity contribution < 1.29 is 18.9 Å². The summed E-state index contributed by atoms with van der Waals surface area (Å²) in [5.74, 6) is 0.578. The molecule has 28 heavy (non-hydrogen) atoms. The summed E-state index contributed by atoms with van der Waals surface area (Å²) in [5.41, 5.74) is -0.0925. The van der Waals surface area contributed by atoms with Crippen LogP contribution in [0.3, 0.4) is 0 Å². The minimum absolute atomic E-state index is 0.0172. The predicted octanol–water partition coefficient (Wildman–Crippen LogP) is 4.50. The number of amides is 1. The average Bonchev–Trinajstić information content (AvgIpc) is 3.17. The number of anilines is 1. The monoisotopic (exact) mass is 489 g/mol. The van der Waals surface area contributed by atoms with Gasteiger partial charge in [0.1, 0.15) is 24.2 Å². The predicted molar refractivity (Wildman–Crippen MR) is 108 cm³/mol. The maximum Gasteiger partial charge on any atom is 0.291 e. The van der Waals surface area contributed by atoms with E-state index in [9.17, 15) is 14.9 Å². The SMILES string of the molecule is N#Cc1cc([N+](=O)[O-])ccc1NC(=O)c1ccc(COc2ccc(I)cc2)o1. The molecule has 9 heteroatoms. The highest BCUT2D eigenvalue weighted by atomic mass is 127. The molecule has 0 radical (unpaired) electrons. The van der Waals surface area contributed by atoms with Crippen molar-refractivity contribution in [2.24, 2.45) is 0 Å². The number of hydrogen-bond acceptors (Lipinski definition) is 6. The van der Waals surface area contributed by atoms with E-state index >= 15 is 0 Å². The summed E-state index contributed by atoms with van der Waals surface area (Å²) in [4.78, 5) is 22.5. The minimum atomic E-state index is -0.612. The van der Waals surface area contributed by atoms with Gasteiger partial charge < -0.3 is 14.5 Å². The van der Waals surface area contributed by atoms with E-state index in [2.05, 4.69) is 27.9 Å². The molecule has 3 rings (SSSR count). The Kier molecular flexibility index (Phi) is 5.90. The van der Waals surface area contributed by atoms with Gasteiger partial charge in [0, 0.05) is 15.7 Å². The van der Waals surface area contributed by atoms with Gasteiger partial charge in [0.05, 0.1) is 16.2 Å². The number of nitro benzene ring substituents is 1. The van der Waals surface area contributed by atoms with E-state index in [1.807, 2.05) is 30.3 Å². The van der Waals surface area contributed by atoms with E-state index in [1.54, 1.807) is 6.07 Å². The Hall–Kier alpha value is -3.39. The van der Waals surface area contributed by atoms with Crippen LogP contribution in [0.1, 0.15) is 21.9 Å². The van der Waals surface area contributed by atoms with Gasteiger partial charge in [-0.25, -0.2) is 0 Å². The topological polar surface area (TPSA) is 118 Å². The van der Waals surface area contributed by atoms with E-state index in [0.29, 0.717) is 11.5 Å². The molecule has 3 aromatic rings. The highest BCUT2D eigenvalue weighted by Gasteiger charge is 2.16. The van der Waals surface area contributed by atoms with Gasteiger partial charge in [-0.05, 0) is 65.1 Å². The number of benzene rings is 2. The molecule has 1 amide bonds. The van der Waals surface area contributed by atoms with Crippen molar-refractivity contribution in [3.8, 4) is 11.8 Å². The molecule has 8 nitrogen and oxygen atoms in total. The number of hydrogen-bond donors (Lipinski definition) is 1. The summed E-state index contributed by atoms with van der Waals surface area (Å²) in [6.07, 6.45) is 0. The normalized spacial score (nSPS) is 10.1. The molecule has 0 bridgehead atoms. The molecule has 140 valence electrons. The minimum Gasteiger partial charge on any atom is -0.486 e. The Labute approximate surface area is 173 Å². The van der Waals surface area contributed by atoms with Crippen molar-refractivity contribution in [3.63, 3.8) is 0 Å². The molecule has 0 saturated heterocycles. The van der Waals surface area contributed by atoms with E-state index in [-0.39, 0.29) is 29.3 Å². The second-order valence-corrected chi connectivity index (χ2v) is 6.81. The lowest BCUT2D eigenvalue weighted by Crippen LogP contribution is -2.12. The third-order valence-electron chi connectivity index (χ3n) is 3.66. The molecule has 0 atom stereocenters. The summed E-state index contributed by atoms with van der Waals surface area (Å²) < 4.78 is 12.2. The fourth-order valence-electron chi connectivity index (χ4n) is 2.29. The zero-order valence-corrected chi connectivity index (χ0v) is 16.4. The largest absolute Gasteiger partial charge is 0.486 e. The molecular weight excluding hydrogens is 477 g/mol. The van der Waals surface area contributed by atoms with Gasteiger partial charge in [-0.15, -0.1) is 0 Å². The van der Waals surface area contributed by atoms with Crippen molar-refractivity contribution in [2.45, 2.75) is 6.61 Å². The number of nitro groups is 1. The first-order valence-electron chi connectivity index (χ1n) is 7.93. The maximum atomic E-state index is 12.3. The molecule has 0 unspecified atom stereocenters. The number of halogens is 1. The number of nitrogens with one attached hydrogen (secondary N) is 1. The smallest absolute Gasteiger partial charge is 0.291 e. The number of ether oxygens (including phenoxy) is 1. The van der Waals surface area contributed by atoms with Gasteiger partial charge in [0.2, 0.25) is 0 Å². The van der Waals surface area contributed by atoms with E-state index < -0.39 is 10.8 Å². The van der Waals surface area contributed by atoms with Crippen molar-refractivity contribution in [2.75, 3.05) is 5.32 Å². The third kappa shape index (κ3) is 4.66. The molecule has 0 saturated carbocycles. The fraction of sp³-hybridized carbons (Fsp3) is 0.0526. The standard InChI is InChI=1S/C19H12IN3O5/c20-13-1-4-15(5-2-13)27-11-16-6-8-18(28-16)19(24)22-17-7-3-14(23(25)26)9-12(17)10-21/h1-9H,11H2,(H,22,24). The van der Waals surface area contributed by atoms with Gasteiger partial charge in [-0.1, -0.05) is 0 Å². The van der Waals surface area contributed by atoms with Crippen LogP contribution in [-0.4, -0.2) is 10.8 Å². The average molecular weight is 489 g/mol. The fourth-order valence-corrected chi connectivity index (χ4v) is 2.65. The van der Waals surface area contributed by atoms with Gasteiger partial charge in [0.25, 0.3) is 11.6 Å². The number of rotatable bonds is 6. The van der Waals surface area contributed by atoms with Crippen LogP contribution in [-0.2, 0) is 6.61 Å². The second-order valence-electron chi connectivity index (χ2n) is 5.56. The number of non-ortho nitro benzene ring substituents is 1. The van der Waals surface area contributed by atoms with Crippen LogP contribution in [0.4, 0.5) is 11.4 Å². The first kappa shape index (κ1) is 19.4. The zero-order valence-electron chi connectivity index (χ0n) is 14.2. The number of nitriles is 1. The molecule has 1 aromatic heterocycles. The van der Waals surface area contributed by atoms with Gasteiger partial charge >= 0.3 is 0 Å². The van der Waals surface area contributed by atoms with Gasteiger partial charge in [-0.2, -0.15) is 5.26 Å². The van der Waals surface area contributed by atoms with Crippen molar-refractivity contribution >= 4 is 39.9 Å². The lowest BCUT2D eigenvalue weighted by molar-refractivity contribution is -0.384. The third-order valence-corrected chi connectivity index (χ3v) is 4.38. The van der Waals surface area contributed by atoms with E-state index in [0.717, 1.165) is 9.64 Å². The van der Waals surface area contributed by atoms with Gasteiger partial charge in [-0.3, -0.25) is 14.9 Å². The second kappa shape index (κ2) is 8.53. The van der Waals surface area contributed by atoms with Crippen LogP contribution in [0.2, 0.25) is 0 Å². The Morgan fingerprint density at radius 3 is 2.64 bits per heavy atom. The summed E-state index contributed by atoms with van der Waals surface area (Å²) in [6, 6.07) is 16.0. The number of carbonyl (C=O) groups excluding carboxylic acids is 1. The van der Waals surface area contributed by atoms with Crippen LogP contribution in [0, 0.1) is 25.0 Å². The Bertz CT molecular complexity index is 1070. The molecule has 0 aliphatic heterocycles. The molecular formula is C19H12IN3O5. The van der Waals surface area contributed by atoms with E-state index in [1.165, 1.54) is 18.2 Å². The van der Waals surface area contributed by atoms with Crippen molar-refractivity contribution in [3.05, 3.63) is 85.4 Å². The van der Waals surface area contributed by atoms with Crippen molar-refractivity contribution in [1.29, 1.82) is 5.26 Å². The molecule has 1 heterocycles. The summed E-state index contributed by atoms with van der Waals surface area (Å²) >= 11 is 2.19. The lowest BCUT2D eigenvalue weighted by Gasteiger charge is -2.06. The highest BCUT2D eigenvalue weighted by Crippen LogP contribution is 2.22. The first-order chi connectivity index (χ1) is 13.5. The van der Waals surface area contributed by atoms with Crippen LogP contribution in [0.25, 0.3) is 0 Å². The van der Waals surface area contributed by atoms with Crippen LogP contribution < -0.4 is 10.1 Å². The van der Waals surface area contributed by atoms with E-state index in [4.69, 9.17) is 14.4 Å². The lowest BCUT2D eigenvalue weighted by atomic mass is 10.1. The van der Waals surface area contributed by atoms with Gasteiger partial charge in [0.15, 0.2) is 5.76 Å². The molecule has 0 aliphatic carbocycles. The maximum absolute atomic E-state index is 12.3. The summed E-state index contributed by atoms with van der Waals surface area (Å²) in [5, 5.41) is 22.5. The Balaban J connectivity index is 1.66. The Morgan fingerprint density at radius 2 is 1.96 bits per heavy atom. The van der Waals surface area contributed by atoms with Crippen molar-refractivity contribution in [1.82, 2.24) is 0 Å². The number of nitrogens with zero attached hydrogens (tertiary/aromatic N) is 2. The highest BCUT2D eigenvalue weighted by molar-refractivity contribution is 14.1. The quantitative estimate of drug-likeness (QED) is 0.310.